The lowest BCUT2D eigenvalue weighted by Gasteiger charge is -2.08. The first kappa shape index (κ1) is 15.4. The van der Waals surface area contributed by atoms with Gasteiger partial charge >= 0.3 is 5.97 Å². The Bertz CT molecular complexity index is 537. The van der Waals surface area contributed by atoms with E-state index in [1.54, 1.807) is 6.92 Å². The van der Waals surface area contributed by atoms with Gasteiger partial charge in [-0.25, -0.2) is 12.8 Å². The Morgan fingerprint density at radius 2 is 2.05 bits per heavy atom. The molecule has 106 valence electrons. The van der Waals surface area contributed by atoms with Gasteiger partial charge in [-0.3, -0.25) is 9.52 Å². The summed E-state index contributed by atoms with van der Waals surface area (Å²) in [7, 11) is -2.36. The van der Waals surface area contributed by atoms with Gasteiger partial charge in [-0.2, -0.15) is 0 Å². The van der Waals surface area contributed by atoms with Crippen LogP contribution in [0, 0.1) is 12.7 Å². The average Bonchev–Trinajstić information content (AvgIpc) is 2.26. The molecular weight excluding hydrogens is 273 g/mol. The van der Waals surface area contributed by atoms with Gasteiger partial charge in [-0.15, -0.1) is 0 Å². The van der Waals surface area contributed by atoms with Crippen molar-refractivity contribution in [2.75, 3.05) is 17.6 Å². The number of carbonyl (C=O) groups excluding carboxylic acids is 1. The van der Waals surface area contributed by atoms with E-state index in [0.29, 0.717) is 5.56 Å². The zero-order valence-electron chi connectivity index (χ0n) is 10.8. The molecule has 0 aromatic heterocycles. The number of carbonyl (C=O) groups is 1. The molecule has 0 spiro atoms. The Kier molecular flexibility index (Phi) is 5.29. The summed E-state index contributed by atoms with van der Waals surface area (Å²) >= 11 is 0. The van der Waals surface area contributed by atoms with Crippen LogP contribution in [-0.2, 0) is 19.6 Å². The number of nitrogens with one attached hydrogen (secondary N) is 1. The van der Waals surface area contributed by atoms with E-state index in [0.717, 1.165) is 6.07 Å². The summed E-state index contributed by atoms with van der Waals surface area (Å²) in [4.78, 5) is 10.9. The molecule has 0 fully saturated rings. The van der Waals surface area contributed by atoms with Gasteiger partial charge in [0.15, 0.2) is 0 Å². The van der Waals surface area contributed by atoms with E-state index >= 15 is 0 Å². The van der Waals surface area contributed by atoms with E-state index in [2.05, 4.69) is 9.46 Å². The first-order chi connectivity index (χ1) is 8.82. The molecule has 0 unspecified atom stereocenters. The van der Waals surface area contributed by atoms with Crippen molar-refractivity contribution in [2.24, 2.45) is 0 Å². The van der Waals surface area contributed by atoms with Crippen LogP contribution in [0.2, 0.25) is 0 Å². The minimum Gasteiger partial charge on any atom is -0.469 e. The summed E-state index contributed by atoms with van der Waals surface area (Å²) < 4.78 is 43.2. The largest absolute Gasteiger partial charge is 0.469 e. The van der Waals surface area contributed by atoms with Gasteiger partial charge in [0.05, 0.1) is 18.6 Å². The maximum absolute atomic E-state index is 13.1. The number of hydrogen-bond donors (Lipinski definition) is 1. The molecule has 0 bridgehead atoms. The van der Waals surface area contributed by atoms with E-state index in [1.807, 2.05) is 0 Å². The van der Waals surface area contributed by atoms with Crippen molar-refractivity contribution >= 4 is 21.7 Å². The van der Waals surface area contributed by atoms with Crippen LogP contribution in [0.1, 0.15) is 18.4 Å². The van der Waals surface area contributed by atoms with Crippen LogP contribution < -0.4 is 4.72 Å². The summed E-state index contributed by atoms with van der Waals surface area (Å²) in [5, 5.41) is 0. The fourth-order valence-electron chi connectivity index (χ4n) is 1.53. The Hall–Kier alpha value is -1.63. The maximum Gasteiger partial charge on any atom is 0.305 e. The van der Waals surface area contributed by atoms with Crippen molar-refractivity contribution in [2.45, 2.75) is 19.8 Å². The first-order valence-corrected chi connectivity index (χ1v) is 7.32. The summed E-state index contributed by atoms with van der Waals surface area (Å²) in [5.74, 6) is -1.19. The van der Waals surface area contributed by atoms with Gasteiger partial charge < -0.3 is 4.74 Å². The van der Waals surface area contributed by atoms with Crippen molar-refractivity contribution in [3.63, 3.8) is 0 Å². The number of ether oxygens (including phenoxy) is 1. The monoisotopic (exact) mass is 289 g/mol. The van der Waals surface area contributed by atoms with Crippen LogP contribution in [0.4, 0.5) is 10.1 Å². The van der Waals surface area contributed by atoms with Gasteiger partial charge in [-0.1, -0.05) is 0 Å². The van der Waals surface area contributed by atoms with E-state index in [4.69, 9.17) is 0 Å². The number of halogens is 1. The lowest BCUT2D eigenvalue weighted by molar-refractivity contribution is -0.140. The van der Waals surface area contributed by atoms with Crippen LogP contribution in [0.15, 0.2) is 18.2 Å². The number of sulfonamides is 1. The third-order valence-electron chi connectivity index (χ3n) is 2.34. The molecule has 0 aliphatic heterocycles. The zero-order valence-corrected chi connectivity index (χ0v) is 11.6. The molecule has 0 saturated carbocycles. The van der Waals surface area contributed by atoms with Crippen LogP contribution in [-0.4, -0.2) is 27.2 Å². The fourth-order valence-corrected chi connectivity index (χ4v) is 2.64. The van der Waals surface area contributed by atoms with Crippen LogP contribution >= 0.6 is 0 Å². The molecule has 1 aromatic rings. The minimum atomic E-state index is -3.60. The van der Waals surface area contributed by atoms with Gasteiger partial charge in [0.25, 0.3) is 0 Å². The molecule has 1 rings (SSSR count). The van der Waals surface area contributed by atoms with Gasteiger partial charge in [0, 0.05) is 6.42 Å². The highest BCUT2D eigenvalue weighted by atomic mass is 32.2. The molecular formula is C12H16FNO4S. The fraction of sp³-hybridized carbons (Fsp3) is 0.417. The number of methoxy groups -OCH3 is 1. The molecule has 0 atom stereocenters. The lowest BCUT2D eigenvalue weighted by atomic mass is 10.2. The molecule has 1 N–H and O–H groups in total. The third kappa shape index (κ3) is 5.69. The predicted octanol–water partition coefficient (Wildman–Crippen LogP) is 1.83. The Morgan fingerprint density at radius 3 is 2.63 bits per heavy atom. The van der Waals surface area contributed by atoms with Crippen molar-refractivity contribution < 1.29 is 22.3 Å². The minimum absolute atomic E-state index is 0.0274. The number of aryl methyl sites for hydroxylation is 1. The van der Waals surface area contributed by atoms with Crippen molar-refractivity contribution in [3.8, 4) is 0 Å². The smallest absolute Gasteiger partial charge is 0.305 e. The van der Waals surface area contributed by atoms with Gasteiger partial charge in [-0.05, 0) is 37.1 Å². The summed E-state index contributed by atoms with van der Waals surface area (Å²) in [5.41, 5.74) is 0.794. The molecule has 1 aromatic carbocycles. The SMILES string of the molecule is COC(=O)CCCS(=O)(=O)Nc1cc(C)cc(F)c1. The van der Waals surface area contributed by atoms with Gasteiger partial charge in [0.1, 0.15) is 5.82 Å². The van der Waals surface area contributed by atoms with E-state index in [1.165, 1.54) is 19.2 Å². The second-order valence-electron chi connectivity index (χ2n) is 4.12. The molecule has 0 radical (unpaired) electrons. The topological polar surface area (TPSA) is 72.5 Å². The van der Waals surface area contributed by atoms with E-state index in [-0.39, 0.29) is 24.3 Å². The van der Waals surface area contributed by atoms with Crippen LogP contribution in [0.3, 0.4) is 0 Å². The molecule has 0 amide bonds. The van der Waals surface area contributed by atoms with Crippen LogP contribution in [0.5, 0.6) is 0 Å². The zero-order chi connectivity index (χ0) is 14.5. The van der Waals surface area contributed by atoms with Crippen molar-refractivity contribution in [3.05, 3.63) is 29.6 Å². The van der Waals surface area contributed by atoms with Crippen molar-refractivity contribution in [1.82, 2.24) is 0 Å². The number of rotatable bonds is 6. The Balaban J connectivity index is 2.61. The molecule has 19 heavy (non-hydrogen) atoms. The highest BCUT2D eigenvalue weighted by Gasteiger charge is 2.12. The first-order valence-electron chi connectivity index (χ1n) is 5.67. The standard InChI is InChI=1S/C12H16FNO4S/c1-9-6-10(13)8-11(7-9)14-19(16,17)5-3-4-12(15)18-2/h6-8,14H,3-5H2,1-2H3. The van der Waals surface area contributed by atoms with Gasteiger partial charge in [0.2, 0.25) is 10.0 Å². The van der Waals surface area contributed by atoms with E-state index in [9.17, 15) is 17.6 Å². The highest BCUT2D eigenvalue weighted by molar-refractivity contribution is 7.92. The lowest BCUT2D eigenvalue weighted by Crippen LogP contribution is -2.17. The number of benzene rings is 1. The second kappa shape index (κ2) is 6.51. The quantitative estimate of drug-likeness (QED) is 0.811. The number of anilines is 1. The molecule has 5 nitrogen and oxygen atoms in total. The molecule has 0 aliphatic carbocycles. The van der Waals surface area contributed by atoms with Crippen LogP contribution in [0.25, 0.3) is 0 Å². The maximum atomic E-state index is 13.1. The molecule has 0 saturated heterocycles. The molecule has 0 aliphatic rings. The highest BCUT2D eigenvalue weighted by Crippen LogP contribution is 2.15. The number of esters is 1. The molecule has 0 heterocycles. The summed E-state index contributed by atoms with van der Waals surface area (Å²) in [6.07, 6.45) is 0.176. The Morgan fingerprint density at radius 1 is 1.37 bits per heavy atom. The summed E-state index contributed by atoms with van der Waals surface area (Å²) in [6.45, 7) is 1.66. The third-order valence-corrected chi connectivity index (χ3v) is 3.71. The predicted molar refractivity (Wildman–Crippen MR) is 69.8 cm³/mol. The van der Waals surface area contributed by atoms with E-state index < -0.39 is 21.8 Å². The average molecular weight is 289 g/mol. The summed E-state index contributed by atoms with van der Waals surface area (Å²) in [6, 6.07) is 3.93. The second-order valence-corrected chi connectivity index (χ2v) is 5.96. The van der Waals surface area contributed by atoms with Crippen molar-refractivity contribution in [1.29, 1.82) is 0 Å². The molecule has 7 heteroatoms. The number of hydrogen-bond acceptors (Lipinski definition) is 4. The normalized spacial score (nSPS) is 11.1. The Labute approximate surface area is 111 Å².